The molecule has 0 amide bonds. The van der Waals surface area contributed by atoms with Crippen LogP contribution in [0.3, 0.4) is 0 Å². The van der Waals surface area contributed by atoms with Crippen LogP contribution in [-0.4, -0.2) is 13.1 Å². The quantitative estimate of drug-likeness (QED) is 0.489. The third-order valence-electron chi connectivity index (χ3n) is 3.37. The van der Waals surface area contributed by atoms with Crippen LogP contribution in [0.25, 0.3) is 11.0 Å². The van der Waals surface area contributed by atoms with Crippen molar-refractivity contribution in [2.45, 2.75) is 25.7 Å². The second-order valence-electron chi connectivity index (χ2n) is 4.39. The highest BCUT2D eigenvalue weighted by molar-refractivity contribution is 8.03. The lowest BCUT2D eigenvalue weighted by Crippen LogP contribution is -2.21. The minimum absolute atomic E-state index is 0.371. The van der Waals surface area contributed by atoms with Crippen LogP contribution in [0.15, 0.2) is 32.3 Å². The van der Waals surface area contributed by atoms with Crippen molar-refractivity contribution in [3.8, 4) is 5.40 Å². The van der Waals surface area contributed by atoms with Crippen LogP contribution in [0.5, 0.6) is 0 Å². The van der Waals surface area contributed by atoms with Crippen molar-refractivity contribution in [2.75, 3.05) is 18.0 Å². The average Bonchev–Trinajstić information content (AvgIpc) is 2.44. The van der Waals surface area contributed by atoms with Gasteiger partial charge in [-0.1, -0.05) is 0 Å². The molecule has 0 fully saturated rings. The topological polar surface area (TPSA) is 57.2 Å². The van der Waals surface area contributed by atoms with E-state index in [1.54, 1.807) is 0 Å². The summed E-state index contributed by atoms with van der Waals surface area (Å²) >= 11 is 0.852. The van der Waals surface area contributed by atoms with Crippen LogP contribution in [0, 0.1) is 17.6 Å². The first kappa shape index (κ1) is 14.5. The molecule has 1 heterocycles. The third-order valence-corrected chi connectivity index (χ3v) is 4.14. The number of nitrogens with zero attached hydrogens (tertiary/aromatic N) is 2. The molecule has 0 saturated carbocycles. The molecule has 1 aromatic heterocycles. The fourth-order valence-corrected chi connectivity index (χ4v) is 2.76. The minimum Gasteiger partial charge on any atom is -0.422 e. The van der Waals surface area contributed by atoms with Crippen molar-refractivity contribution >= 4 is 28.4 Å². The van der Waals surface area contributed by atoms with E-state index in [1.807, 2.05) is 30.5 Å². The van der Waals surface area contributed by atoms with E-state index in [0.29, 0.717) is 10.5 Å². The molecule has 0 bridgehead atoms. The molecule has 0 aliphatic rings. The Labute approximate surface area is 122 Å². The average molecular weight is 288 g/mol. The molecule has 5 heteroatoms. The molecule has 0 unspecified atom stereocenters. The van der Waals surface area contributed by atoms with Crippen LogP contribution in [0.1, 0.15) is 19.4 Å². The maximum absolute atomic E-state index is 11.9. The number of benzene rings is 1. The number of aryl methyl sites for hydroxylation is 1. The first-order chi connectivity index (χ1) is 9.62. The van der Waals surface area contributed by atoms with Crippen molar-refractivity contribution in [1.29, 1.82) is 5.26 Å². The predicted molar refractivity (Wildman–Crippen MR) is 82.3 cm³/mol. The summed E-state index contributed by atoms with van der Waals surface area (Å²) in [7, 11) is 0. The molecule has 1 aromatic carbocycles. The van der Waals surface area contributed by atoms with Crippen LogP contribution < -0.4 is 10.5 Å². The maximum atomic E-state index is 11.9. The Morgan fingerprint density at radius 3 is 2.65 bits per heavy atom. The number of hydrogen-bond donors (Lipinski definition) is 0. The Morgan fingerprint density at radius 2 is 2.05 bits per heavy atom. The van der Waals surface area contributed by atoms with Gasteiger partial charge in [0.1, 0.15) is 15.9 Å². The Morgan fingerprint density at radius 1 is 1.35 bits per heavy atom. The molecule has 4 nitrogen and oxygen atoms in total. The zero-order valence-electron chi connectivity index (χ0n) is 11.8. The summed E-state index contributed by atoms with van der Waals surface area (Å²) in [5.74, 6) is 0. The largest absolute Gasteiger partial charge is 0.422 e. The summed E-state index contributed by atoms with van der Waals surface area (Å²) in [4.78, 5) is 14.5. The summed E-state index contributed by atoms with van der Waals surface area (Å²) in [6.07, 6.45) is 0. The fraction of sp³-hybridized carbons (Fsp3) is 0.333. The second-order valence-corrected chi connectivity index (χ2v) is 5.18. The summed E-state index contributed by atoms with van der Waals surface area (Å²) in [6, 6.07) is 5.85. The summed E-state index contributed by atoms with van der Waals surface area (Å²) in [6.45, 7) is 7.81. The van der Waals surface area contributed by atoms with Gasteiger partial charge in [0.25, 0.3) is 0 Å². The van der Waals surface area contributed by atoms with E-state index in [2.05, 4.69) is 18.7 Å². The Bertz CT molecular complexity index is 727. The molecule has 0 N–H and O–H groups in total. The highest BCUT2D eigenvalue weighted by Gasteiger charge is 2.13. The van der Waals surface area contributed by atoms with Crippen LogP contribution in [0.2, 0.25) is 0 Å². The normalized spacial score (nSPS) is 10.5. The Kier molecular flexibility index (Phi) is 4.35. The Hall–Kier alpha value is -1.93. The SMILES string of the molecule is CCN(CC)c1ccc2c(C)c(SC#N)c(=O)oc2c1. The predicted octanol–water partition coefficient (Wildman–Crippen LogP) is 3.52. The first-order valence-corrected chi connectivity index (χ1v) is 7.32. The standard InChI is InChI=1S/C15H16N2O2S/c1-4-17(5-2)11-6-7-12-10(3)14(20-9-16)15(18)19-13(12)8-11/h6-8H,4-5H2,1-3H3. The molecule has 2 aromatic rings. The molecule has 0 aliphatic carbocycles. The number of rotatable bonds is 4. The summed E-state index contributed by atoms with van der Waals surface area (Å²) in [5, 5.41) is 11.5. The van der Waals surface area contributed by atoms with Crippen LogP contribution in [0.4, 0.5) is 5.69 Å². The number of anilines is 1. The van der Waals surface area contributed by atoms with Gasteiger partial charge < -0.3 is 9.32 Å². The number of nitriles is 1. The van der Waals surface area contributed by atoms with Crippen molar-refractivity contribution in [1.82, 2.24) is 0 Å². The smallest absolute Gasteiger partial charge is 0.351 e. The zero-order valence-corrected chi connectivity index (χ0v) is 12.6. The van der Waals surface area contributed by atoms with Crippen LogP contribution >= 0.6 is 11.8 Å². The van der Waals surface area contributed by atoms with Crippen LogP contribution in [-0.2, 0) is 0 Å². The molecule has 2 rings (SSSR count). The molecular formula is C15H16N2O2S. The number of thiocyanates is 1. The van der Waals surface area contributed by atoms with E-state index in [1.165, 1.54) is 0 Å². The minimum atomic E-state index is -0.446. The highest BCUT2D eigenvalue weighted by Crippen LogP contribution is 2.28. The second kappa shape index (κ2) is 6.02. The Balaban J connectivity index is 2.64. The molecule has 104 valence electrons. The van der Waals surface area contributed by atoms with E-state index in [-0.39, 0.29) is 0 Å². The number of hydrogen-bond acceptors (Lipinski definition) is 5. The molecule has 0 spiro atoms. The van der Waals surface area contributed by atoms with E-state index in [9.17, 15) is 4.79 Å². The highest BCUT2D eigenvalue weighted by atomic mass is 32.2. The van der Waals surface area contributed by atoms with Gasteiger partial charge >= 0.3 is 5.63 Å². The first-order valence-electron chi connectivity index (χ1n) is 6.50. The van der Waals surface area contributed by atoms with Gasteiger partial charge in [-0.25, -0.2) is 4.79 Å². The summed E-state index contributed by atoms with van der Waals surface area (Å²) < 4.78 is 5.35. The lowest BCUT2D eigenvalue weighted by molar-refractivity contribution is 0.542. The van der Waals surface area contributed by atoms with E-state index in [0.717, 1.165) is 41.5 Å². The zero-order chi connectivity index (χ0) is 14.7. The van der Waals surface area contributed by atoms with Crippen molar-refractivity contribution in [3.63, 3.8) is 0 Å². The van der Waals surface area contributed by atoms with Crippen molar-refractivity contribution in [3.05, 3.63) is 34.2 Å². The van der Waals surface area contributed by atoms with Gasteiger partial charge in [-0.2, -0.15) is 5.26 Å². The van der Waals surface area contributed by atoms with Gasteiger partial charge in [-0.15, -0.1) is 0 Å². The monoisotopic (exact) mass is 288 g/mol. The van der Waals surface area contributed by atoms with E-state index >= 15 is 0 Å². The van der Waals surface area contributed by atoms with Gasteiger partial charge in [0.05, 0.1) is 0 Å². The van der Waals surface area contributed by atoms with E-state index in [4.69, 9.17) is 9.68 Å². The molecule has 20 heavy (non-hydrogen) atoms. The fourth-order valence-electron chi connectivity index (χ4n) is 2.28. The van der Waals surface area contributed by atoms with Gasteiger partial charge in [-0.3, -0.25) is 0 Å². The summed E-state index contributed by atoms with van der Waals surface area (Å²) in [5.41, 5.74) is 1.96. The lowest BCUT2D eigenvalue weighted by atomic mass is 10.1. The molecule has 0 radical (unpaired) electrons. The third kappa shape index (κ3) is 2.52. The van der Waals surface area contributed by atoms with Gasteiger partial charge in [0.15, 0.2) is 0 Å². The maximum Gasteiger partial charge on any atom is 0.351 e. The lowest BCUT2D eigenvalue weighted by Gasteiger charge is -2.21. The number of thioether (sulfide) groups is 1. The molecular weight excluding hydrogens is 272 g/mol. The van der Waals surface area contributed by atoms with Gasteiger partial charge in [-0.05, 0) is 50.2 Å². The molecule has 0 aliphatic heterocycles. The van der Waals surface area contributed by atoms with Gasteiger partial charge in [0.2, 0.25) is 0 Å². The van der Waals surface area contributed by atoms with Crippen molar-refractivity contribution < 1.29 is 4.42 Å². The number of fused-ring (bicyclic) bond motifs is 1. The molecule has 0 saturated heterocycles. The van der Waals surface area contributed by atoms with E-state index < -0.39 is 5.63 Å². The van der Waals surface area contributed by atoms with Gasteiger partial charge in [0, 0.05) is 30.2 Å². The molecule has 0 atom stereocenters. The van der Waals surface area contributed by atoms with Crippen molar-refractivity contribution in [2.24, 2.45) is 0 Å².